The van der Waals surface area contributed by atoms with Crippen molar-refractivity contribution in [2.24, 2.45) is 0 Å². The summed E-state index contributed by atoms with van der Waals surface area (Å²) in [6.07, 6.45) is 1.73. The van der Waals surface area contributed by atoms with Gasteiger partial charge < -0.3 is 5.32 Å². The molecule has 0 fully saturated rings. The van der Waals surface area contributed by atoms with Crippen LogP contribution >= 0.6 is 27.7 Å². The van der Waals surface area contributed by atoms with Crippen molar-refractivity contribution in [2.75, 3.05) is 11.1 Å². The highest BCUT2D eigenvalue weighted by atomic mass is 79.9. The van der Waals surface area contributed by atoms with Gasteiger partial charge in [-0.15, -0.1) is 10.2 Å². The van der Waals surface area contributed by atoms with E-state index in [1.165, 1.54) is 11.8 Å². The molecule has 6 nitrogen and oxygen atoms in total. The SMILES string of the molecule is Cc1ccc(-n2c(SCC(=O)Nc3ccc(C)cc3Br)nnc2-c2ccccn2)cc1. The molecule has 2 aromatic heterocycles. The van der Waals surface area contributed by atoms with Crippen molar-refractivity contribution in [3.05, 3.63) is 82.5 Å². The molecule has 0 atom stereocenters. The first kappa shape index (κ1) is 21.3. The first-order valence-electron chi connectivity index (χ1n) is 9.64. The zero-order valence-electron chi connectivity index (χ0n) is 17.0. The predicted molar refractivity (Wildman–Crippen MR) is 128 cm³/mol. The summed E-state index contributed by atoms with van der Waals surface area (Å²) in [6, 6.07) is 19.6. The van der Waals surface area contributed by atoms with Crippen LogP contribution in [0.2, 0.25) is 0 Å². The standard InChI is InChI=1S/C23H20BrN5OS/c1-15-6-9-17(10-7-15)29-22(20-5-3-4-12-25-20)27-28-23(29)31-14-21(30)26-19-11-8-16(2)13-18(19)24/h3-13H,14H2,1-2H3,(H,26,30). The van der Waals surface area contributed by atoms with Gasteiger partial charge in [-0.05, 0) is 71.7 Å². The molecule has 2 aromatic carbocycles. The Labute approximate surface area is 193 Å². The Bertz CT molecular complexity index is 1210. The molecule has 2 heterocycles. The van der Waals surface area contributed by atoms with Crippen LogP contribution in [0.1, 0.15) is 11.1 Å². The molecule has 1 N–H and O–H groups in total. The Kier molecular flexibility index (Phi) is 6.48. The van der Waals surface area contributed by atoms with Crippen molar-refractivity contribution in [2.45, 2.75) is 19.0 Å². The lowest BCUT2D eigenvalue weighted by Gasteiger charge is -2.11. The Morgan fingerprint density at radius 2 is 1.81 bits per heavy atom. The molecular weight excluding hydrogens is 474 g/mol. The summed E-state index contributed by atoms with van der Waals surface area (Å²) >= 11 is 4.83. The minimum absolute atomic E-state index is 0.118. The fourth-order valence-corrected chi connectivity index (χ4v) is 4.33. The second-order valence-corrected chi connectivity index (χ2v) is 8.81. The molecule has 1 amide bonds. The van der Waals surface area contributed by atoms with E-state index in [1.807, 2.05) is 79.1 Å². The van der Waals surface area contributed by atoms with E-state index in [1.54, 1.807) is 6.20 Å². The summed E-state index contributed by atoms with van der Waals surface area (Å²) in [5.41, 5.74) is 4.65. The topological polar surface area (TPSA) is 72.7 Å². The first-order chi connectivity index (χ1) is 15.0. The predicted octanol–water partition coefficient (Wildman–Crippen LogP) is 5.44. The quantitative estimate of drug-likeness (QED) is 0.362. The normalized spacial score (nSPS) is 10.8. The highest BCUT2D eigenvalue weighted by Gasteiger charge is 2.18. The lowest BCUT2D eigenvalue weighted by Crippen LogP contribution is -2.15. The number of rotatable bonds is 6. The Hall–Kier alpha value is -2.97. The smallest absolute Gasteiger partial charge is 0.234 e. The number of aryl methyl sites for hydroxylation is 2. The number of thioether (sulfide) groups is 1. The van der Waals surface area contributed by atoms with Crippen molar-refractivity contribution >= 4 is 39.3 Å². The Morgan fingerprint density at radius 3 is 2.52 bits per heavy atom. The van der Waals surface area contributed by atoms with E-state index in [0.29, 0.717) is 11.0 Å². The number of carbonyl (C=O) groups is 1. The van der Waals surface area contributed by atoms with Crippen molar-refractivity contribution in [3.8, 4) is 17.2 Å². The van der Waals surface area contributed by atoms with Gasteiger partial charge in [-0.1, -0.05) is 41.6 Å². The van der Waals surface area contributed by atoms with Crippen molar-refractivity contribution in [1.82, 2.24) is 19.7 Å². The molecular formula is C23H20BrN5OS. The fraction of sp³-hybridized carbons (Fsp3) is 0.130. The number of hydrogen-bond donors (Lipinski definition) is 1. The summed E-state index contributed by atoms with van der Waals surface area (Å²) in [7, 11) is 0. The van der Waals surface area contributed by atoms with Gasteiger partial charge >= 0.3 is 0 Å². The second-order valence-electron chi connectivity index (χ2n) is 7.01. The van der Waals surface area contributed by atoms with E-state index < -0.39 is 0 Å². The Morgan fingerprint density at radius 1 is 1.03 bits per heavy atom. The van der Waals surface area contributed by atoms with Crippen LogP contribution in [-0.4, -0.2) is 31.4 Å². The number of hydrogen-bond acceptors (Lipinski definition) is 5. The van der Waals surface area contributed by atoms with Crippen LogP contribution in [0.5, 0.6) is 0 Å². The van der Waals surface area contributed by atoms with Crippen molar-refractivity contribution < 1.29 is 4.79 Å². The van der Waals surface area contributed by atoms with Gasteiger partial charge in [-0.3, -0.25) is 14.3 Å². The van der Waals surface area contributed by atoms with Crippen LogP contribution in [0.3, 0.4) is 0 Å². The van der Waals surface area contributed by atoms with Crippen LogP contribution in [0.15, 0.2) is 76.5 Å². The third-order valence-corrected chi connectivity index (χ3v) is 6.14. The molecule has 31 heavy (non-hydrogen) atoms. The molecule has 0 spiro atoms. The number of nitrogens with one attached hydrogen (secondary N) is 1. The molecule has 0 aliphatic rings. The number of anilines is 1. The molecule has 0 radical (unpaired) electrons. The molecule has 0 aliphatic heterocycles. The van der Waals surface area contributed by atoms with E-state index in [9.17, 15) is 4.79 Å². The largest absolute Gasteiger partial charge is 0.324 e. The van der Waals surface area contributed by atoms with E-state index in [0.717, 1.165) is 32.7 Å². The third-order valence-electron chi connectivity index (χ3n) is 4.55. The first-order valence-corrected chi connectivity index (χ1v) is 11.4. The third kappa shape index (κ3) is 5.03. The Balaban J connectivity index is 1.58. The number of aromatic nitrogens is 4. The summed E-state index contributed by atoms with van der Waals surface area (Å²) in [6.45, 7) is 4.04. The minimum atomic E-state index is -0.118. The fourth-order valence-electron chi connectivity index (χ4n) is 2.99. The van der Waals surface area contributed by atoms with Gasteiger partial charge in [0.05, 0.1) is 11.4 Å². The van der Waals surface area contributed by atoms with Gasteiger partial charge in [-0.2, -0.15) is 0 Å². The lowest BCUT2D eigenvalue weighted by molar-refractivity contribution is -0.113. The van der Waals surface area contributed by atoms with Crippen LogP contribution in [-0.2, 0) is 4.79 Å². The maximum absolute atomic E-state index is 12.6. The van der Waals surface area contributed by atoms with E-state index in [2.05, 4.69) is 36.4 Å². The number of benzene rings is 2. The van der Waals surface area contributed by atoms with Crippen LogP contribution in [0.25, 0.3) is 17.2 Å². The highest BCUT2D eigenvalue weighted by Crippen LogP contribution is 2.28. The molecule has 0 saturated heterocycles. The molecule has 0 unspecified atom stereocenters. The van der Waals surface area contributed by atoms with E-state index >= 15 is 0 Å². The molecule has 0 bridgehead atoms. The molecule has 0 aliphatic carbocycles. The van der Waals surface area contributed by atoms with Crippen LogP contribution in [0, 0.1) is 13.8 Å². The summed E-state index contributed by atoms with van der Waals surface area (Å²) in [4.78, 5) is 17.0. The molecule has 156 valence electrons. The summed E-state index contributed by atoms with van der Waals surface area (Å²) in [5.74, 6) is 0.716. The summed E-state index contributed by atoms with van der Waals surface area (Å²) in [5, 5.41) is 12.3. The van der Waals surface area contributed by atoms with Crippen molar-refractivity contribution in [1.29, 1.82) is 0 Å². The van der Waals surface area contributed by atoms with Gasteiger partial charge in [0.1, 0.15) is 5.69 Å². The van der Waals surface area contributed by atoms with Gasteiger partial charge in [0.2, 0.25) is 5.91 Å². The second kappa shape index (κ2) is 9.45. The maximum atomic E-state index is 12.6. The van der Waals surface area contributed by atoms with Crippen molar-refractivity contribution in [3.63, 3.8) is 0 Å². The van der Waals surface area contributed by atoms with Crippen LogP contribution < -0.4 is 5.32 Å². The molecule has 4 aromatic rings. The average Bonchev–Trinajstić information content (AvgIpc) is 3.19. The van der Waals surface area contributed by atoms with E-state index in [-0.39, 0.29) is 11.7 Å². The minimum Gasteiger partial charge on any atom is -0.324 e. The number of carbonyl (C=O) groups excluding carboxylic acids is 1. The monoisotopic (exact) mass is 493 g/mol. The molecule has 4 rings (SSSR count). The zero-order chi connectivity index (χ0) is 21.8. The van der Waals surface area contributed by atoms with Crippen LogP contribution in [0.4, 0.5) is 5.69 Å². The van der Waals surface area contributed by atoms with Gasteiger partial charge in [0.15, 0.2) is 11.0 Å². The molecule has 8 heteroatoms. The summed E-state index contributed by atoms with van der Waals surface area (Å²) < 4.78 is 2.78. The number of halogens is 1. The maximum Gasteiger partial charge on any atom is 0.234 e. The number of nitrogens with zero attached hydrogens (tertiary/aromatic N) is 4. The van der Waals surface area contributed by atoms with Gasteiger partial charge in [-0.25, -0.2) is 0 Å². The van der Waals surface area contributed by atoms with E-state index in [4.69, 9.17) is 0 Å². The zero-order valence-corrected chi connectivity index (χ0v) is 19.4. The average molecular weight is 494 g/mol. The number of amides is 1. The lowest BCUT2D eigenvalue weighted by atomic mass is 10.2. The highest BCUT2D eigenvalue weighted by molar-refractivity contribution is 9.10. The number of pyridine rings is 1. The van der Waals surface area contributed by atoms with Gasteiger partial charge in [0, 0.05) is 16.4 Å². The van der Waals surface area contributed by atoms with Gasteiger partial charge in [0.25, 0.3) is 0 Å². The molecule has 0 saturated carbocycles.